The van der Waals surface area contributed by atoms with Crippen LogP contribution in [0.4, 0.5) is 0 Å². The van der Waals surface area contributed by atoms with E-state index < -0.39 is 0 Å². The van der Waals surface area contributed by atoms with Crippen LogP contribution in [-0.4, -0.2) is 11.8 Å². The van der Waals surface area contributed by atoms with Crippen molar-refractivity contribution >= 4 is 75.2 Å². The molecule has 0 saturated heterocycles. The molecule has 9 aromatic rings. The predicted octanol–water partition coefficient (Wildman–Crippen LogP) is 14.3. The maximum absolute atomic E-state index is 7.00. The number of hydrogen-bond acceptors (Lipinski definition) is 3. The van der Waals surface area contributed by atoms with Crippen molar-refractivity contribution in [3.63, 3.8) is 0 Å². The minimum absolute atomic E-state index is 0.0589. The van der Waals surface area contributed by atoms with Crippen molar-refractivity contribution in [3.05, 3.63) is 199 Å². The molecule has 1 heterocycles. The van der Waals surface area contributed by atoms with Crippen LogP contribution < -0.4 is 5.73 Å². The number of rotatable bonds is 7. The molecule has 1 aromatic heterocycles. The molecule has 0 fully saturated rings. The summed E-state index contributed by atoms with van der Waals surface area (Å²) in [5, 5.41) is 10.2. The summed E-state index contributed by atoms with van der Waals surface area (Å²) in [5.74, 6) is 0. The zero-order valence-corrected chi connectivity index (χ0v) is 32.1. The molecule has 0 saturated carbocycles. The van der Waals surface area contributed by atoms with Gasteiger partial charge in [0, 0.05) is 25.9 Å². The summed E-state index contributed by atoms with van der Waals surface area (Å²) in [6.07, 6.45) is 10.7. The van der Waals surface area contributed by atoms with Crippen LogP contribution in [0.5, 0.6) is 0 Å². The Morgan fingerprint density at radius 1 is 0.589 bits per heavy atom. The number of benzene rings is 8. The molecule has 2 N–H and O–H groups in total. The Morgan fingerprint density at radius 3 is 2.07 bits per heavy atom. The van der Waals surface area contributed by atoms with Gasteiger partial charge in [0.2, 0.25) is 0 Å². The van der Waals surface area contributed by atoms with Crippen molar-refractivity contribution in [2.45, 2.75) is 25.8 Å². The van der Waals surface area contributed by atoms with E-state index >= 15 is 0 Å². The highest BCUT2D eigenvalue weighted by atomic mass is 32.1. The van der Waals surface area contributed by atoms with E-state index in [1.165, 1.54) is 74.8 Å². The molecule has 0 amide bonds. The normalized spacial score (nSPS) is 14.3. The number of thiophene rings is 1. The Hall–Kier alpha value is -6.55. The number of aliphatic imine (C=N–C) groups is 1. The Labute approximate surface area is 331 Å². The Balaban J connectivity index is 1.10. The molecule has 56 heavy (non-hydrogen) atoms. The lowest BCUT2D eigenvalue weighted by atomic mass is 9.88. The molecule has 1 aliphatic carbocycles. The average Bonchev–Trinajstić information content (AvgIpc) is 3.64. The first-order valence-electron chi connectivity index (χ1n) is 19.4. The number of allylic oxidation sites excluding steroid dienone is 4. The van der Waals surface area contributed by atoms with Crippen molar-refractivity contribution < 1.29 is 0 Å². The van der Waals surface area contributed by atoms with E-state index in [2.05, 4.69) is 177 Å². The zero-order valence-electron chi connectivity index (χ0n) is 31.2. The molecular weight excluding hydrogens is 697 g/mol. The Morgan fingerprint density at radius 2 is 1.25 bits per heavy atom. The third kappa shape index (κ3) is 6.11. The second-order valence-electron chi connectivity index (χ2n) is 14.8. The van der Waals surface area contributed by atoms with E-state index in [0.29, 0.717) is 5.70 Å². The van der Waals surface area contributed by atoms with Gasteiger partial charge in [0.25, 0.3) is 0 Å². The van der Waals surface area contributed by atoms with Crippen LogP contribution in [0, 0.1) is 0 Å². The van der Waals surface area contributed by atoms with Gasteiger partial charge < -0.3 is 5.73 Å². The van der Waals surface area contributed by atoms with Gasteiger partial charge in [-0.3, -0.25) is 4.99 Å². The molecule has 0 bridgehead atoms. The van der Waals surface area contributed by atoms with Crippen LogP contribution in [0.25, 0.3) is 80.4 Å². The summed E-state index contributed by atoms with van der Waals surface area (Å²) in [4.78, 5) is 5.23. The van der Waals surface area contributed by atoms with E-state index in [1.54, 1.807) is 0 Å². The SMILES string of the molecule is CC(N=C(/C=C(\N)c1cccc(-c2cccc3c4ccccc4c4cc(-c5ccc6c(c5)sc5ccccc56)ccc4c23)c1)c1ccccc1)C1=CC=CCC1. The fourth-order valence-electron chi connectivity index (χ4n) is 8.49. The third-order valence-electron chi connectivity index (χ3n) is 11.4. The van der Waals surface area contributed by atoms with Crippen molar-refractivity contribution in [2.75, 3.05) is 0 Å². The second kappa shape index (κ2) is 14.3. The lowest BCUT2D eigenvalue weighted by molar-refractivity contribution is 0.784. The van der Waals surface area contributed by atoms with Crippen LogP contribution in [0.1, 0.15) is 30.9 Å². The second-order valence-corrected chi connectivity index (χ2v) is 15.9. The van der Waals surface area contributed by atoms with E-state index in [-0.39, 0.29) is 6.04 Å². The summed E-state index contributed by atoms with van der Waals surface area (Å²) >= 11 is 1.87. The minimum Gasteiger partial charge on any atom is -0.398 e. The smallest absolute Gasteiger partial charge is 0.0691 e. The predicted molar refractivity (Wildman–Crippen MR) is 244 cm³/mol. The van der Waals surface area contributed by atoms with Gasteiger partial charge in [0.15, 0.2) is 0 Å². The molecular formula is C53H40N2S. The standard InChI is InChI=1S/C53H40N2S/c1-34(35-14-4-2-5-15-35)55-50(36-16-6-3-7-17-36)33-49(54)40-19-12-18-39(30-40)41-23-13-24-46-42-20-8-9-21-43(42)48-31-37(27-29-47(48)53(41)46)38-26-28-45-44-22-10-11-25-51(44)56-52(45)32-38/h2-4,6-14,16-34H,5,15,54H2,1H3/b49-33-,55-50?. The molecule has 3 heteroatoms. The Kier molecular flexibility index (Phi) is 8.65. The minimum atomic E-state index is 0.0589. The first-order chi connectivity index (χ1) is 27.6. The van der Waals surface area contributed by atoms with Crippen molar-refractivity contribution in [1.82, 2.24) is 0 Å². The molecule has 268 valence electrons. The third-order valence-corrected chi connectivity index (χ3v) is 12.5. The molecule has 0 aliphatic heterocycles. The van der Waals surface area contributed by atoms with Gasteiger partial charge in [0.05, 0.1) is 11.8 Å². The van der Waals surface area contributed by atoms with E-state index in [0.717, 1.165) is 35.2 Å². The summed E-state index contributed by atoms with van der Waals surface area (Å²) < 4.78 is 2.65. The fourth-order valence-corrected chi connectivity index (χ4v) is 9.64. The van der Waals surface area contributed by atoms with Gasteiger partial charge in [-0.1, -0.05) is 152 Å². The van der Waals surface area contributed by atoms with E-state index in [4.69, 9.17) is 10.7 Å². The average molecular weight is 737 g/mol. The fraction of sp³-hybridized carbons (Fsp3) is 0.0755. The molecule has 10 rings (SSSR count). The number of nitrogens with zero attached hydrogens (tertiary/aromatic N) is 1. The first kappa shape index (κ1) is 34.0. The molecule has 1 aliphatic rings. The van der Waals surface area contributed by atoms with Crippen molar-refractivity contribution in [1.29, 1.82) is 0 Å². The van der Waals surface area contributed by atoms with Crippen LogP contribution in [0.2, 0.25) is 0 Å². The highest BCUT2D eigenvalue weighted by Gasteiger charge is 2.16. The summed E-state index contributed by atoms with van der Waals surface area (Å²) in [6, 6.07) is 57.3. The van der Waals surface area contributed by atoms with Gasteiger partial charge in [-0.15, -0.1) is 11.3 Å². The summed E-state index contributed by atoms with van der Waals surface area (Å²) in [5.41, 5.74) is 16.7. The van der Waals surface area contributed by atoms with Gasteiger partial charge in [-0.2, -0.15) is 0 Å². The summed E-state index contributed by atoms with van der Waals surface area (Å²) in [6.45, 7) is 2.18. The molecule has 2 nitrogen and oxygen atoms in total. The van der Waals surface area contributed by atoms with Crippen LogP contribution in [-0.2, 0) is 0 Å². The van der Waals surface area contributed by atoms with Crippen LogP contribution in [0.15, 0.2) is 193 Å². The molecule has 8 aromatic carbocycles. The largest absolute Gasteiger partial charge is 0.398 e. The number of fused-ring (bicyclic) bond motifs is 9. The highest BCUT2D eigenvalue weighted by Crippen LogP contribution is 2.43. The summed E-state index contributed by atoms with van der Waals surface area (Å²) in [7, 11) is 0. The van der Waals surface area contributed by atoms with Gasteiger partial charge in [-0.25, -0.2) is 0 Å². The van der Waals surface area contributed by atoms with E-state index in [9.17, 15) is 0 Å². The molecule has 0 radical (unpaired) electrons. The van der Waals surface area contributed by atoms with Crippen LogP contribution >= 0.6 is 11.3 Å². The van der Waals surface area contributed by atoms with Crippen molar-refractivity contribution in [3.8, 4) is 22.3 Å². The van der Waals surface area contributed by atoms with Gasteiger partial charge >= 0.3 is 0 Å². The highest BCUT2D eigenvalue weighted by molar-refractivity contribution is 7.25. The maximum Gasteiger partial charge on any atom is 0.0691 e. The number of nitrogens with two attached hydrogens (primary N) is 1. The first-order valence-corrected chi connectivity index (χ1v) is 20.3. The monoisotopic (exact) mass is 736 g/mol. The lowest BCUT2D eigenvalue weighted by Gasteiger charge is -2.16. The quantitative estimate of drug-likeness (QED) is 0.128. The van der Waals surface area contributed by atoms with Crippen LogP contribution in [0.3, 0.4) is 0 Å². The Bertz CT molecular complexity index is 3100. The molecule has 1 atom stereocenters. The molecule has 1 unspecified atom stereocenters. The maximum atomic E-state index is 7.00. The molecule has 0 spiro atoms. The van der Waals surface area contributed by atoms with Gasteiger partial charge in [-0.05, 0) is 121 Å². The topological polar surface area (TPSA) is 38.4 Å². The number of hydrogen-bond donors (Lipinski definition) is 1. The van der Waals surface area contributed by atoms with Gasteiger partial charge in [0.1, 0.15) is 0 Å². The lowest BCUT2D eigenvalue weighted by Crippen LogP contribution is -2.11. The van der Waals surface area contributed by atoms with E-state index in [1.807, 2.05) is 23.5 Å². The zero-order chi connectivity index (χ0) is 37.6. The van der Waals surface area contributed by atoms with Crippen molar-refractivity contribution in [2.24, 2.45) is 10.7 Å².